The molecular formula is C24H25N3O2. The molecule has 2 atom stereocenters. The Hall–Kier alpha value is -2.82. The van der Waals surface area contributed by atoms with Crippen molar-refractivity contribution < 1.29 is 9.59 Å². The number of hydrogen-bond acceptors (Lipinski definition) is 3. The van der Waals surface area contributed by atoms with Gasteiger partial charge in [-0.25, -0.2) is 0 Å². The van der Waals surface area contributed by atoms with Gasteiger partial charge in [0.05, 0.1) is 11.3 Å². The van der Waals surface area contributed by atoms with E-state index < -0.39 is 5.66 Å². The second-order valence-corrected chi connectivity index (χ2v) is 9.15. The lowest BCUT2D eigenvalue weighted by molar-refractivity contribution is -0.124. The SMILES string of the molecule is C[C@@H]1CC2(CCCCC2)N2C(=O)[C@]3(NC(=O)c4ccccc4N3)c3cccc1c32. The van der Waals surface area contributed by atoms with Crippen LogP contribution in [0.2, 0.25) is 0 Å². The number of benzene rings is 2. The third-order valence-electron chi connectivity index (χ3n) is 7.49. The molecule has 1 aliphatic carbocycles. The van der Waals surface area contributed by atoms with E-state index in [2.05, 4.69) is 28.5 Å². The number of amides is 2. The molecule has 5 heteroatoms. The number of nitrogens with one attached hydrogen (secondary N) is 2. The Bertz CT molecular complexity index is 1060. The zero-order valence-corrected chi connectivity index (χ0v) is 16.6. The molecule has 0 saturated heterocycles. The van der Waals surface area contributed by atoms with Crippen LogP contribution in [0.3, 0.4) is 0 Å². The lowest BCUT2D eigenvalue weighted by Crippen LogP contribution is -2.64. The minimum atomic E-state index is -1.22. The van der Waals surface area contributed by atoms with E-state index in [1.165, 1.54) is 12.0 Å². The molecule has 5 nitrogen and oxygen atoms in total. The Morgan fingerprint density at radius 2 is 1.76 bits per heavy atom. The molecule has 2 N–H and O–H groups in total. The summed E-state index contributed by atoms with van der Waals surface area (Å²) in [5.41, 5.74) is 3.09. The average Bonchev–Trinajstić information content (AvgIpc) is 2.96. The molecule has 0 radical (unpaired) electrons. The monoisotopic (exact) mass is 387 g/mol. The van der Waals surface area contributed by atoms with Crippen LogP contribution in [-0.4, -0.2) is 17.4 Å². The summed E-state index contributed by atoms with van der Waals surface area (Å²) >= 11 is 0. The first-order valence-electron chi connectivity index (χ1n) is 10.7. The molecule has 6 rings (SSSR count). The van der Waals surface area contributed by atoms with Crippen LogP contribution < -0.4 is 15.5 Å². The molecule has 2 amide bonds. The van der Waals surface area contributed by atoms with Gasteiger partial charge >= 0.3 is 0 Å². The minimum absolute atomic E-state index is 0.0309. The maximum atomic E-state index is 14.1. The van der Waals surface area contributed by atoms with Crippen LogP contribution >= 0.6 is 0 Å². The molecule has 3 heterocycles. The number of hydrogen-bond donors (Lipinski definition) is 2. The lowest BCUT2D eigenvalue weighted by Gasteiger charge is -2.50. The summed E-state index contributed by atoms with van der Waals surface area (Å²) in [5, 5.41) is 6.51. The Balaban J connectivity index is 1.58. The van der Waals surface area contributed by atoms with Gasteiger partial charge in [0.2, 0.25) is 5.66 Å². The molecule has 2 spiro atoms. The molecule has 29 heavy (non-hydrogen) atoms. The van der Waals surface area contributed by atoms with Crippen molar-refractivity contribution in [1.82, 2.24) is 5.32 Å². The number of carbonyl (C=O) groups is 2. The zero-order chi connectivity index (χ0) is 19.8. The first-order valence-corrected chi connectivity index (χ1v) is 10.7. The third-order valence-corrected chi connectivity index (χ3v) is 7.49. The van der Waals surface area contributed by atoms with E-state index in [0.717, 1.165) is 43.4 Å². The minimum Gasteiger partial charge on any atom is -0.350 e. The molecule has 1 saturated carbocycles. The van der Waals surface area contributed by atoms with Crippen molar-refractivity contribution in [3.05, 3.63) is 59.2 Å². The molecule has 4 aliphatic rings. The molecule has 2 aromatic rings. The van der Waals surface area contributed by atoms with E-state index in [1.807, 2.05) is 30.3 Å². The molecular weight excluding hydrogens is 362 g/mol. The van der Waals surface area contributed by atoms with Gasteiger partial charge in [0.25, 0.3) is 11.8 Å². The van der Waals surface area contributed by atoms with Crippen molar-refractivity contribution >= 4 is 23.2 Å². The Labute approximate surface area is 170 Å². The van der Waals surface area contributed by atoms with E-state index in [9.17, 15) is 9.59 Å². The van der Waals surface area contributed by atoms with Gasteiger partial charge in [0.15, 0.2) is 0 Å². The summed E-state index contributed by atoms with van der Waals surface area (Å²) in [6.07, 6.45) is 6.62. The fraction of sp³-hybridized carbons (Fsp3) is 0.417. The first kappa shape index (κ1) is 17.1. The van der Waals surface area contributed by atoms with Crippen molar-refractivity contribution in [2.24, 2.45) is 0 Å². The zero-order valence-electron chi connectivity index (χ0n) is 16.6. The van der Waals surface area contributed by atoms with Crippen LogP contribution in [0.5, 0.6) is 0 Å². The summed E-state index contributed by atoms with van der Waals surface area (Å²) in [7, 11) is 0. The van der Waals surface area contributed by atoms with Gasteiger partial charge in [-0.2, -0.15) is 0 Å². The van der Waals surface area contributed by atoms with Gasteiger partial charge in [-0.15, -0.1) is 0 Å². The normalized spacial score (nSPS) is 28.7. The van der Waals surface area contributed by atoms with Crippen LogP contribution in [0.25, 0.3) is 0 Å². The number of nitrogens with zero attached hydrogens (tertiary/aromatic N) is 1. The number of anilines is 2. The van der Waals surface area contributed by atoms with E-state index in [4.69, 9.17) is 0 Å². The molecule has 148 valence electrons. The molecule has 3 aliphatic heterocycles. The second kappa shape index (κ2) is 5.62. The highest BCUT2D eigenvalue weighted by Crippen LogP contribution is 2.57. The van der Waals surface area contributed by atoms with Gasteiger partial charge in [0.1, 0.15) is 0 Å². The summed E-state index contributed by atoms with van der Waals surface area (Å²) in [5.74, 6) is 0.168. The van der Waals surface area contributed by atoms with Crippen molar-refractivity contribution in [1.29, 1.82) is 0 Å². The first-order chi connectivity index (χ1) is 14.1. The highest BCUT2D eigenvalue weighted by Gasteiger charge is 2.61. The third kappa shape index (κ3) is 2.05. The molecule has 1 fully saturated rings. The number of carbonyl (C=O) groups excluding carboxylic acids is 2. The second-order valence-electron chi connectivity index (χ2n) is 9.15. The van der Waals surface area contributed by atoms with E-state index >= 15 is 0 Å². The van der Waals surface area contributed by atoms with Crippen molar-refractivity contribution in [2.75, 3.05) is 10.2 Å². The van der Waals surface area contributed by atoms with Crippen LogP contribution in [0, 0.1) is 0 Å². The largest absolute Gasteiger partial charge is 0.350 e. The Morgan fingerprint density at radius 3 is 2.59 bits per heavy atom. The predicted molar refractivity (Wildman–Crippen MR) is 112 cm³/mol. The molecule has 0 unspecified atom stereocenters. The lowest BCUT2D eigenvalue weighted by atomic mass is 9.70. The van der Waals surface area contributed by atoms with Crippen molar-refractivity contribution in [2.45, 2.75) is 62.6 Å². The van der Waals surface area contributed by atoms with Gasteiger partial charge < -0.3 is 15.5 Å². The van der Waals surface area contributed by atoms with Crippen LogP contribution in [-0.2, 0) is 10.5 Å². The van der Waals surface area contributed by atoms with Crippen molar-refractivity contribution in [3.63, 3.8) is 0 Å². The summed E-state index contributed by atoms with van der Waals surface area (Å²) in [4.78, 5) is 29.2. The predicted octanol–water partition coefficient (Wildman–Crippen LogP) is 4.25. The Kier molecular flexibility index (Phi) is 3.31. The van der Waals surface area contributed by atoms with Crippen molar-refractivity contribution in [3.8, 4) is 0 Å². The quantitative estimate of drug-likeness (QED) is 0.710. The maximum Gasteiger partial charge on any atom is 0.279 e. The fourth-order valence-electron chi connectivity index (χ4n) is 6.26. The summed E-state index contributed by atoms with van der Waals surface area (Å²) in [6.45, 7) is 2.28. The van der Waals surface area contributed by atoms with E-state index in [-0.39, 0.29) is 17.4 Å². The maximum absolute atomic E-state index is 14.1. The van der Waals surface area contributed by atoms with Gasteiger partial charge in [-0.05, 0) is 42.9 Å². The van der Waals surface area contributed by atoms with Crippen LogP contribution in [0.1, 0.15) is 72.9 Å². The molecule has 0 aromatic heterocycles. The van der Waals surface area contributed by atoms with E-state index in [1.54, 1.807) is 6.07 Å². The average molecular weight is 387 g/mol. The summed E-state index contributed by atoms with van der Waals surface area (Å²) in [6, 6.07) is 13.6. The summed E-state index contributed by atoms with van der Waals surface area (Å²) < 4.78 is 0. The highest BCUT2D eigenvalue weighted by molar-refractivity contribution is 6.16. The van der Waals surface area contributed by atoms with Crippen LogP contribution in [0.15, 0.2) is 42.5 Å². The van der Waals surface area contributed by atoms with Gasteiger partial charge in [-0.3, -0.25) is 9.59 Å². The number of rotatable bonds is 0. The van der Waals surface area contributed by atoms with Gasteiger partial charge in [-0.1, -0.05) is 56.5 Å². The topological polar surface area (TPSA) is 61.4 Å². The van der Waals surface area contributed by atoms with Gasteiger partial charge in [0, 0.05) is 16.8 Å². The van der Waals surface area contributed by atoms with Crippen LogP contribution in [0.4, 0.5) is 11.4 Å². The molecule has 2 aromatic carbocycles. The fourth-order valence-corrected chi connectivity index (χ4v) is 6.26. The molecule has 0 bridgehead atoms. The standard InChI is InChI=1S/C24H25N3O2/c1-15-14-23(12-5-2-6-13-23)27-20-16(15)9-7-10-18(20)24(22(27)29)25-19-11-4-3-8-17(19)21(28)26-24/h3-4,7-11,15,25H,2,5-6,12-14H2,1H3,(H,26,28)/t15-,24-/m1/s1. The number of para-hydroxylation sites is 2. The Morgan fingerprint density at radius 1 is 0.966 bits per heavy atom. The highest BCUT2D eigenvalue weighted by atomic mass is 16.2. The number of fused-ring (bicyclic) bond motifs is 3. The van der Waals surface area contributed by atoms with E-state index in [0.29, 0.717) is 17.2 Å². The smallest absolute Gasteiger partial charge is 0.279 e.